The van der Waals surface area contributed by atoms with Crippen molar-refractivity contribution in [2.75, 3.05) is 33.3 Å². The molecule has 3 N–H and O–H groups in total. The molecule has 0 aromatic rings. The van der Waals surface area contributed by atoms with E-state index in [2.05, 4.69) is 15.5 Å². The summed E-state index contributed by atoms with van der Waals surface area (Å²) in [7, 11) is 1.97. The lowest BCUT2D eigenvalue weighted by Gasteiger charge is -2.30. The Hall–Kier alpha value is -1.67. The SMILES string of the molecule is CN1CCOC(CNC(=O)NC(=O)CCCC(=O)O)C1. The van der Waals surface area contributed by atoms with Crippen molar-refractivity contribution in [3.8, 4) is 0 Å². The van der Waals surface area contributed by atoms with Crippen LogP contribution >= 0.6 is 0 Å². The molecule has 0 saturated carbocycles. The highest BCUT2D eigenvalue weighted by molar-refractivity contribution is 5.94. The highest BCUT2D eigenvalue weighted by Crippen LogP contribution is 2.01. The van der Waals surface area contributed by atoms with Crippen LogP contribution in [0.15, 0.2) is 0 Å². The minimum absolute atomic E-state index is 0.0163. The molecule has 114 valence electrons. The Labute approximate surface area is 117 Å². The van der Waals surface area contributed by atoms with E-state index in [1.165, 1.54) is 0 Å². The molecule has 20 heavy (non-hydrogen) atoms. The summed E-state index contributed by atoms with van der Waals surface area (Å²) in [6, 6.07) is -0.581. The number of carbonyl (C=O) groups is 3. The molecule has 0 aromatic heterocycles. The van der Waals surface area contributed by atoms with Gasteiger partial charge in [0.1, 0.15) is 0 Å². The number of hydrogen-bond acceptors (Lipinski definition) is 5. The smallest absolute Gasteiger partial charge is 0.321 e. The Morgan fingerprint density at radius 1 is 1.35 bits per heavy atom. The minimum atomic E-state index is -0.958. The van der Waals surface area contributed by atoms with Crippen LogP contribution in [-0.4, -0.2) is 67.3 Å². The van der Waals surface area contributed by atoms with E-state index in [-0.39, 0.29) is 25.4 Å². The molecule has 1 heterocycles. The van der Waals surface area contributed by atoms with E-state index >= 15 is 0 Å². The van der Waals surface area contributed by atoms with Crippen LogP contribution in [0, 0.1) is 0 Å². The topological polar surface area (TPSA) is 108 Å². The Balaban J connectivity index is 2.13. The quantitative estimate of drug-likeness (QED) is 0.602. The van der Waals surface area contributed by atoms with Crippen LogP contribution in [0.2, 0.25) is 0 Å². The molecule has 8 heteroatoms. The third kappa shape index (κ3) is 7.05. The van der Waals surface area contributed by atoms with E-state index in [0.29, 0.717) is 13.2 Å². The van der Waals surface area contributed by atoms with Crippen LogP contribution in [0.5, 0.6) is 0 Å². The Bertz CT molecular complexity index is 361. The van der Waals surface area contributed by atoms with Gasteiger partial charge in [-0.05, 0) is 13.5 Å². The van der Waals surface area contributed by atoms with Gasteiger partial charge >= 0.3 is 12.0 Å². The van der Waals surface area contributed by atoms with Crippen molar-refractivity contribution in [1.29, 1.82) is 0 Å². The van der Waals surface area contributed by atoms with Gasteiger partial charge in [-0.1, -0.05) is 0 Å². The lowest BCUT2D eigenvalue weighted by molar-refractivity contribution is -0.137. The van der Waals surface area contributed by atoms with Gasteiger partial charge in [0.25, 0.3) is 0 Å². The summed E-state index contributed by atoms with van der Waals surface area (Å²) in [5.74, 6) is -1.44. The number of urea groups is 1. The molecule has 0 aromatic carbocycles. The predicted molar refractivity (Wildman–Crippen MR) is 70.3 cm³/mol. The molecule has 0 bridgehead atoms. The zero-order valence-corrected chi connectivity index (χ0v) is 11.6. The van der Waals surface area contributed by atoms with E-state index < -0.39 is 17.9 Å². The van der Waals surface area contributed by atoms with E-state index in [9.17, 15) is 14.4 Å². The van der Waals surface area contributed by atoms with Crippen LogP contribution in [0.4, 0.5) is 4.79 Å². The largest absolute Gasteiger partial charge is 0.481 e. The number of aliphatic carboxylic acids is 1. The summed E-state index contributed by atoms with van der Waals surface area (Å²) in [4.78, 5) is 35.2. The summed E-state index contributed by atoms with van der Waals surface area (Å²) in [5, 5.41) is 13.1. The predicted octanol–water partition coefficient (Wildman–Crippen LogP) is -0.602. The van der Waals surface area contributed by atoms with E-state index in [1.54, 1.807) is 0 Å². The molecule has 3 amide bonds. The first-order valence-electron chi connectivity index (χ1n) is 6.57. The van der Waals surface area contributed by atoms with Crippen molar-refractivity contribution in [3.63, 3.8) is 0 Å². The number of amides is 3. The minimum Gasteiger partial charge on any atom is -0.481 e. The number of carboxylic acids is 1. The maximum absolute atomic E-state index is 11.4. The molecule has 1 saturated heterocycles. The van der Waals surface area contributed by atoms with Gasteiger partial charge in [-0.3, -0.25) is 14.9 Å². The fraction of sp³-hybridized carbons (Fsp3) is 0.750. The van der Waals surface area contributed by atoms with Crippen LogP contribution in [0.1, 0.15) is 19.3 Å². The number of carboxylic acid groups (broad SMARTS) is 1. The lowest BCUT2D eigenvalue weighted by atomic mass is 10.2. The first-order valence-corrected chi connectivity index (χ1v) is 6.57. The number of nitrogens with one attached hydrogen (secondary N) is 2. The van der Waals surface area contributed by atoms with Crippen LogP contribution in [0.3, 0.4) is 0 Å². The van der Waals surface area contributed by atoms with Gasteiger partial charge in [-0.2, -0.15) is 0 Å². The van der Waals surface area contributed by atoms with Crippen LogP contribution in [-0.2, 0) is 14.3 Å². The summed E-state index contributed by atoms with van der Waals surface area (Å²) in [6.45, 7) is 2.55. The zero-order valence-electron chi connectivity index (χ0n) is 11.6. The number of carbonyl (C=O) groups excluding carboxylic acids is 2. The molecule has 0 spiro atoms. The van der Waals surface area contributed by atoms with Gasteiger partial charge in [0, 0.05) is 32.5 Å². The molecule has 1 atom stereocenters. The first-order chi connectivity index (χ1) is 9.47. The van der Waals surface area contributed by atoms with E-state index in [1.807, 2.05) is 7.05 Å². The molecule has 1 unspecified atom stereocenters. The number of ether oxygens (including phenoxy) is 1. The van der Waals surface area contributed by atoms with Crippen molar-refractivity contribution < 1.29 is 24.2 Å². The number of nitrogens with zero attached hydrogens (tertiary/aromatic N) is 1. The van der Waals surface area contributed by atoms with Crippen molar-refractivity contribution in [2.24, 2.45) is 0 Å². The number of morpholine rings is 1. The summed E-state index contributed by atoms with van der Waals surface area (Å²) < 4.78 is 5.46. The highest BCUT2D eigenvalue weighted by Gasteiger charge is 2.18. The van der Waals surface area contributed by atoms with Gasteiger partial charge in [-0.15, -0.1) is 0 Å². The number of rotatable bonds is 6. The van der Waals surface area contributed by atoms with Crippen molar-refractivity contribution in [1.82, 2.24) is 15.5 Å². The molecular weight excluding hydrogens is 266 g/mol. The van der Waals surface area contributed by atoms with Crippen LogP contribution in [0.25, 0.3) is 0 Å². The first kappa shape index (κ1) is 16.4. The molecule has 1 rings (SSSR count). The number of hydrogen-bond donors (Lipinski definition) is 3. The second kappa shape index (κ2) is 8.49. The third-order valence-electron chi connectivity index (χ3n) is 2.88. The maximum atomic E-state index is 11.4. The third-order valence-corrected chi connectivity index (χ3v) is 2.88. The monoisotopic (exact) mass is 287 g/mol. The maximum Gasteiger partial charge on any atom is 0.321 e. The fourth-order valence-electron chi connectivity index (χ4n) is 1.83. The molecule has 1 aliphatic heterocycles. The summed E-state index contributed by atoms with van der Waals surface area (Å²) in [5.41, 5.74) is 0. The second-order valence-electron chi connectivity index (χ2n) is 4.76. The molecule has 0 aliphatic carbocycles. The molecule has 1 fully saturated rings. The fourth-order valence-corrected chi connectivity index (χ4v) is 1.83. The molecule has 1 aliphatic rings. The van der Waals surface area contributed by atoms with Crippen molar-refractivity contribution >= 4 is 17.9 Å². The van der Waals surface area contributed by atoms with Gasteiger partial charge in [-0.25, -0.2) is 4.79 Å². The average molecular weight is 287 g/mol. The molecule has 8 nitrogen and oxygen atoms in total. The van der Waals surface area contributed by atoms with Crippen molar-refractivity contribution in [3.05, 3.63) is 0 Å². The molecule has 0 radical (unpaired) electrons. The number of likely N-dealkylation sites (N-methyl/N-ethyl adjacent to an activating group) is 1. The standard InChI is InChI=1S/C12H21N3O5/c1-15-5-6-20-9(8-15)7-13-12(19)14-10(16)3-2-4-11(17)18/h9H,2-8H2,1H3,(H,17,18)(H2,13,14,16,19). The Morgan fingerprint density at radius 3 is 2.75 bits per heavy atom. The lowest BCUT2D eigenvalue weighted by Crippen LogP contribution is -2.48. The van der Waals surface area contributed by atoms with E-state index in [0.717, 1.165) is 13.1 Å². The summed E-state index contributed by atoms with van der Waals surface area (Å²) >= 11 is 0. The van der Waals surface area contributed by atoms with Gasteiger partial charge in [0.15, 0.2) is 0 Å². The normalized spacial score (nSPS) is 19.4. The van der Waals surface area contributed by atoms with Crippen LogP contribution < -0.4 is 10.6 Å². The van der Waals surface area contributed by atoms with Crippen molar-refractivity contribution in [2.45, 2.75) is 25.4 Å². The highest BCUT2D eigenvalue weighted by atomic mass is 16.5. The van der Waals surface area contributed by atoms with Gasteiger partial charge in [0.05, 0.1) is 12.7 Å². The van der Waals surface area contributed by atoms with E-state index in [4.69, 9.17) is 9.84 Å². The second-order valence-corrected chi connectivity index (χ2v) is 4.76. The van der Waals surface area contributed by atoms with Gasteiger partial charge < -0.3 is 20.1 Å². The molecular formula is C12H21N3O5. The Morgan fingerprint density at radius 2 is 2.10 bits per heavy atom. The average Bonchev–Trinajstić information content (AvgIpc) is 2.36. The van der Waals surface area contributed by atoms with Gasteiger partial charge in [0.2, 0.25) is 5.91 Å². The summed E-state index contributed by atoms with van der Waals surface area (Å²) in [6.07, 6.45) is 0.0617. The zero-order chi connectivity index (χ0) is 15.0. The number of imide groups is 1. The Kier molecular flexibility index (Phi) is 6.96.